The summed E-state index contributed by atoms with van der Waals surface area (Å²) in [5.41, 5.74) is 0. The van der Waals surface area contributed by atoms with Gasteiger partial charge in [-0.15, -0.1) is 24.8 Å². The molecular formula is C8H18Cl2N2. The Morgan fingerprint density at radius 2 is 1.92 bits per heavy atom. The largest absolute Gasteiger partial charge is 0.316 e. The van der Waals surface area contributed by atoms with Crippen LogP contribution in [-0.4, -0.2) is 25.7 Å². The summed E-state index contributed by atoms with van der Waals surface area (Å²) >= 11 is 0. The van der Waals surface area contributed by atoms with E-state index >= 15 is 0 Å². The maximum Gasteiger partial charge on any atom is 0.00683 e. The average Bonchev–Trinajstić information content (AvgIpc) is 2.63. The topological polar surface area (TPSA) is 24.1 Å². The molecule has 0 unspecified atom stereocenters. The predicted octanol–water partition coefficient (Wildman–Crippen LogP) is 1.19. The Balaban J connectivity index is 0.000000605. The van der Waals surface area contributed by atoms with Gasteiger partial charge in [0.1, 0.15) is 0 Å². The Morgan fingerprint density at radius 3 is 2.42 bits per heavy atom. The highest BCUT2D eigenvalue weighted by atomic mass is 35.5. The molecule has 1 aliphatic heterocycles. The standard InChI is InChI=1S/C8H16N2.2ClH/c1-2-8(1)10-6-7-3-4-9-5-7;;/h7-10H,1-6H2;2*1H/t7-;;/m1../s1. The van der Waals surface area contributed by atoms with E-state index in [2.05, 4.69) is 10.6 Å². The van der Waals surface area contributed by atoms with E-state index in [1.807, 2.05) is 0 Å². The van der Waals surface area contributed by atoms with Crippen LogP contribution in [0.1, 0.15) is 19.3 Å². The quantitative estimate of drug-likeness (QED) is 0.735. The van der Waals surface area contributed by atoms with Crippen LogP contribution in [0.25, 0.3) is 0 Å². The van der Waals surface area contributed by atoms with Crippen molar-refractivity contribution in [1.82, 2.24) is 10.6 Å². The fourth-order valence-corrected chi connectivity index (χ4v) is 1.51. The summed E-state index contributed by atoms with van der Waals surface area (Å²) in [5.74, 6) is 0.917. The Bertz CT molecular complexity index is 112. The van der Waals surface area contributed by atoms with E-state index in [0.29, 0.717) is 0 Å². The summed E-state index contributed by atoms with van der Waals surface area (Å²) in [5, 5.41) is 6.93. The van der Waals surface area contributed by atoms with Gasteiger partial charge in [-0.25, -0.2) is 0 Å². The third-order valence-corrected chi connectivity index (χ3v) is 2.43. The molecule has 0 spiro atoms. The number of hydrogen-bond donors (Lipinski definition) is 2. The number of nitrogens with one attached hydrogen (secondary N) is 2. The lowest BCUT2D eigenvalue weighted by Crippen LogP contribution is -2.25. The first-order chi connectivity index (χ1) is 4.95. The molecule has 4 heteroatoms. The van der Waals surface area contributed by atoms with Gasteiger partial charge in [0.05, 0.1) is 0 Å². The van der Waals surface area contributed by atoms with Crippen LogP contribution in [0.15, 0.2) is 0 Å². The zero-order valence-electron chi connectivity index (χ0n) is 7.21. The molecule has 2 rings (SSSR count). The molecule has 1 atom stereocenters. The molecule has 1 saturated carbocycles. The van der Waals surface area contributed by atoms with Crippen LogP contribution in [0, 0.1) is 5.92 Å². The van der Waals surface area contributed by atoms with Crippen LogP contribution in [0.2, 0.25) is 0 Å². The normalized spacial score (nSPS) is 27.5. The van der Waals surface area contributed by atoms with E-state index in [1.54, 1.807) is 0 Å². The molecule has 0 aromatic carbocycles. The van der Waals surface area contributed by atoms with E-state index in [1.165, 1.54) is 38.9 Å². The Kier molecular flexibility index (Phi) is 6.28. The molecule has 0 radical (unpaired) electrons. The van der Waals surface area contributed by atoms with Crippen molar-refractivity contribution in [2.24, 2.45) is 5.92 Å². The van der Waals surface area contributed by atoms with Crippen LogP contribution in [-0.2, 0) is 0 Å². The van der Waals surface area contributed by atoms with E-state index in [-0.39, 0.29) is 24.8 Å². The van der Waals surface area contributed by atoms with Crippen molar-refractivity contribution in [2.45, 2.75) is 25.3 Å². The van der Waals surface area contributed by atoms with Crippen molar-refractivity contribution < 1.29 is 0 Å². The Morgan fingerprint density at radius 1 is 1.17 bits per heavy atom. The van der Waals surface area contributed by atoms with Crippen molar-refractivity contribution in [3.63, 3.8) is 0 Å². The number of hydrogen-bond acceptors (Lipinski definition) is 2. The molecular weight excluding hydrogens is 195 g/mol. The molecule has 0 aromatic heterocycles. The van der Waals surface area contributed by atoms with Gasteiger partial charge in [0.25, 0.3) is 0 Å². The van der Waals surface area contributed by atoms with Gasteiger partial charge in [-0.05, 0) is 44.8 Å². The maximum absolute atomic E-state index is 3.56. The molecule has 0 bridgehead atoms. The second kappa shape index (κ2) is 6.03. The highest BCUT2D eigenvalue weighted by Crippen LogP contribution is 2.19. The summed E-state index contributed by atoms with van der Waals surface area (Å²) in [6.45, 7) is 3.72. The van der Waals surface area contributed by atoms with Crippen LogP contribution in [0.5, 0.6) is 0 Å². The van der Waals surface area contributed by atoms with Crippen LogP contribution < -0.4 is 10.6 Å². The first kappa shape index (κ1) is 12.5. The van der Waals surface area contributed by atoms with Gasteiger partial charge in [-0.3, -0.25) is 0 Å². The first-order valence-electron chi connectivity index (χ1n) is 4.39. The molecule has 2 nitrogen and oxygen atoms in total. The molecule has 1 saturated heterocycles. The lowest BCUT2D eigenvalue weighted by Gasteiger charge is -2.07. The number of rotatable bonds is 3. The van der Waals surface area contributed by atoms with Gasteiger partial charge in [0.15, 0.2) is 0 Å². The smallest absolute Gasteiger partial charge is 0.00683 e. The molecule has 2 aliphatic rings. The molecule has 12 heavy (non-hydrogen) atoms. The predicted molar refractivity (Wildman–Crippen MR) is 56.5 cm³/mol. The molecule has 2 N–H and O–H groups in total. The minimum absolute atomic E-state index is 0. The van der Waals surface area contributed by atoms with Crippen LogP contribution in [0.3, 0.4) is 0 Å². The maximum atomic E-state index is 3.56. The summed E-state index contributed by atoms with van der Waals surface area (Å²) in [7, 11) is 0. The molecule has 0 amide bonds. The van der Waals surface area contributed by atoms with Crippen LogP contribution >= 0.6 is 24.8 Å². The second-order valence-electron chi connectivity index (χ2n) is 3.54. The fraction of sp³-hybridized carbons (Fsp3) is 1.00. The number of halogens is 2. The highest BCUT2D eigenvalue weighted by Gasteiger charge is 2.22. The Hall–Kier alpha value is 0.500. The minimum atomic E-state index is 0. The van der Waals surface area contributed by atoms with Gasteiger partial charge in [0.2, 0.25) is 0 Å². The summed E-state index contributed by atoms with van der Waals surface area (Å²) in [6.07, 6.45) is 4.21. The molecule has 74 valence electrons. The van der Waals surface area contributed by atoms with Crippen molar-refractivity contribution >= 4 is 24.8 Å². The second-order valence-corrected chi connectivity index (χ2v) is 3.54. The monoisotopic (exact) mass is 212 g/mol. The SMILES string of the molecule is C1C[C@@H](CNC2CC2)CN1.Cl.Cl. The van der Waals surface area contributed by atoms with Gasteiger partial charge in [-0.2, -0.15) is 0 Å². The third kappa shape index (κ3) is 3.94. The third-order valence-electron chi connectivity index (χ3n) is 2.43. The van der Waals surface area contributed by atoms with Crippen molar-refractivity contribution in [2.75, 3.05) is 19.6 Å². The summed E-state index contributed by atoms with van der Waals surface area (Å²) in [6, 6.07) is 0.889. The van der Waals surface area contributed by atoms with Crippen LogP contribution in [0.4, 0.5) is 0 Å². The van der Waals surface area contributed by atoms with Gasteiger partial charge >= 0.3 is 0 Å². The van der Waals surface area contributed by atoms with E-state index in [4.69, 9.17) is 0 Å². The van der Waals surface area contributed by atoms with E-state index < -0.39 is 0 Å². The van der Waals surface area contributed by atoms with Crippen molar-refractivity contribution in [3.8, 4) is 0 Å². The molecule has 0 aromatic rings. The molecule has 1 aliphatic carbocycles. The molecule has 1 heterocycles. The Labute approximate surface area is 86.7 Å². The van der Waals surface area contributed by atoms with E-state index in [9.17, 15) is 0 Å². The van der Waals surface area contributed by atoms with Gasteiger partial charge < -0.3 is 10.6 Å². The molecule has 2 fully saturated rings. The lowest BCUT2D eigenvalue weighted by molar-refractivity contribution is 0.511. The van der Waals surface area contributed by atoms with E-state index in [0.717, 1.165) is 12.0 Å². The van der Waals surface area contributed by atoms with Crippen molar-refractivity contribution in [3.05, 3.63) is 0 Å². The fourth-order valence-electron chi connectivity index (χ4n) is 1.51. The van der Waals surface area contributed by atoms with Gasteiger partial charge in [-0.1, -0.05) is 0 Å². The zero-order valence-corrected chi connectivity index (χ0v) is 8.85. The minimum Gasteiger partial charge on any atom is -0.316 e. The first-order valence-corrected chi connectivity index (χ1v) is 4.39. The lowest BCUT2D eigenvalue weighted by atomic mass is 10.1. The van der Waals surface area contributed by atoms with Crippen molar-refractivity contribution in [1.29, 1.82) is 0 Å². The zero-order chi connectivity index (χ0) is 6.81. The summed E-state index contributed by atoms with van der Waals surface area (Å²) in [4.78, 5) is 0. The summed E-state index contributed by atoms with van der Waals surface area (Å²) < 4.78 is 0. The highest BCUT2D eigenvalue weighted by molar-refractivity contribution is 5.85. The average molecular weight is 213 g/mol. The van der Waals surface area contributed by atoms with Gasteiger partial charge in [0, 0.05) is 6.04 Å².